The van der Waals surface area contributed by atoms with E-state index in [4.69, 9.17) is 8.85 Å². The average Bonchev–Trinajstić information content (AvgIpc) is 2.85. The monoisotopic (exact) mass is 588 g/mol. The van der Waals surface area contributed by atoms with Gasteiger partial charge < -0.3 is 14.0 Å². The van der Waals surface area contributed by atoms with E-state index in [9.17, 15) is 5.11 Å². The lowest BCUT2D eigenvalue weighted by Gasteiger charge is -2.63. The van der Waals surface area contributed by atoms with Crippen molar-refractivity contribution < 1.29 is 14.0 Å². The van der Waals surface area contributed by atoms with Gasteiger partial charge in [-0.15, -0.1) is 6.58 Å². The molecule has 0 heterocycles. The first-order valence-electron chi connectivity index (χ1n) is 16.6. The van der Waals surface area contributed by atoms with Gasteiger partial charge in [-0.05, 0) is 92.0 Å². The highest BCUT2D eigenvalue weighted by atomic mass is 28.4. The summed E-state index contributed by atoms with van der Waals surface area (Å²) in [4.78, 5) is 0. The van der Waals surface area contributed by atoms with Gasteiger partial charge in [0, 0.05) is 5.92 Å². The predicted octanol–water partition coefficient (Wildman–Crippen LogP) is 9.73. The Morgan fingerprint density at radius 1 is 0.950 bits per heavy atom. The zero-order valence-electron chi connectivity index (χ0n) is 28.2. The van der Waals surface area contributed by atoms with Crippen LogP contribution in [-0.4, -0.2) is 39.6 Å². The molecule has 2 unspecified atom stereocenters. The van der Waals surface area contributed by atoms with E-state index in [0.717, 1.165) is 32.1 Å². The first kappa shape index (κ1) is 34.1. The smallest absolute Gasteiger partial charge is 0.193 e. The van der Waals surface area contributed by atoms with Crippen LogP contribution in [0.15, 0.2) is 12.7 Å². The first-order chi connectivity index (χ1) is 18.4. The van der Waals surface area contributed by atoms with Crippen LogP contribution in [0.1, 0.15) is 113 Å². The van der Waals surface area contributed by atoms with Crippen molar-refractivity contribution in [2.24, 2.45) is 29.6 Å². The Morgan fingerprint density at radius 3 is 2.08 bits per heavy atom. The lowest BCUT2D eigenvalue weighted by Crippen LogP contribution is -2.67. The van der Waals surface area contributed by atoms with Gasteiger partial charge in [0.25, 0.3) is 0 Å². The summed E-state index contributed by atoms with van der Waals surface area (Å²) in [7, 11) is -3.95. The molecular weight excluding hydrogens is 525 g/mol. The third-order valence-corrected chi connectivity index (χ3v) is 20.8. The number of rotatable bonds is 9. The van der Waals surface area contributed by atoms with Crippen molar-refractivity contribution in [1.29, 1.82) is 0 Å². The van der Waals surface area contributed by atoms with Crippen LogP contribution < -0.4 is 0 Å². The van der Waals surface area contributed by atoms with Crippen molar-refractivity contribution in [2.45, 2.75) is 167 Å². The van der Waals surface area contributed by atoms with E-state index in [1.54, 1.807) is 0 Å². The molecule has 7 atom stereocenters. The van der Waals surface area contributed by atoms with E-state index in [0.29, 0.717) is 11.8 Å². The maximum Gasteiger partial charge on any atom is 0.193 e. The van der Waals surface area contributed by atoms with E-state index >= 15 is 0 Å². The number of aliphatic hydroxyl groups is 1. The molecule has 0 aromatic rings. The Bertz CT molecular complexity index is 912. The molecule has 1 N–H and O–H groups in total. The molecule has 0 saturated heterocycles. The minimum Gasteiger partial charge on any atom is -0.413 e. The fourth-order valence-electron chi connectivity index (χ4n) is 7.13. The zero-order valence-corrected chi connectivity index (χ0v) is 30.2. The highest BCUT2D eigenvalue weighted by molar-refractivity contribution is 6.74. The quantitative estimate of drug-likeness (QED) is 0.165. The summed E-state index contributed by atoms with van der Waals surface area (Å²) >= 11 is 0. The molecule has 230 valence electrons. The van der Waals surface area contributed by atoms with Crippen LogP contribution in [0.2, 0.25) is 36.3 Å². The standard InChI is InChI=1S/C35H64O3Si2/c1-13-15-21-28-32-27(22-24-30(26-19-17-16-18-20-26)37-39(9,10)33(3,4)5)31(38-40(11,12)34(6,7)8)25-23-29(32)35(28,36)14-2/h14,26-32,36H,2,13,15-21,23,25H2,1,3-12H3/t27-,28?,29-,30-,31+,32-,35?/m1/s1. The van der Waals surface area contributed by atoms with Crippen molar-refractivity contribution in [3.63, 3.8) is 0 Å². The van der Waals surface area contributed by atoms with Gasteiger partial charge in [0.05, 0.1) is 11.7 Å². The number of unbranched alkanes of at least 4 members (excludes halogenated alkanes) is 1. The fourth-order valence-corrected chi connectivity index (χ4v) is 9.74. The Kier molecular flexibility index (Phi) is 10.8. The molecule has 0 radical (unpaired) electrons. The minimum atomic E-state index is -1.98. The van der Waals surface area contributed by atoms with Crippen LogP contribution in [0.5, 0.6) is 0 Å². The highest BCUT2D eigenvalue weighted by Gasteiger charge is 2.64. The maximum atomic E-state index is 11.8. The van der Waals surface area contributed by atoms with Gasteiger partial charge in [-0.2, -0.15) is 0 Å². The normalized spacial score (nSPS) is 32.9. The summed E-state index contributed by atoms with van der Waals surface area (Å²) in [6.07, 6.45) is 13.7. The Hall–Kier alpha value is -0.386. The summed E-state index contributed by atoms with van der Waals surface area (Å²) in [6, 6.07) is 0. The zero-order chi connectivity index (χ0) is 30.1. The van der Waals surface area contributed by atoms with Crippen molar-refractivity contribution in [1.82, 2.24) is 0 Å². The van der Waals surface area contributed by atoms with Crippen molar-refractivity contribution in [3.05, 3.63) is 12.7 Å². The molecule has 3 rings (SSSR count). The molecule has 3 aliphatic carbocycles. The lowest BCUT2D eigenvalue weighted by molar-refractivity contribution is -0.208. The molecule has 0 spiro atoms. The van der Waals surface area contributed by atoms with E-state index in [2.05, 4.69) is 93.1 Å². The second-order valence-electron chi connectivity index (χ2n) is 16.5. The molecule has 0 aromatic heterocycles. The van der Waals surface area contributed by atoms with Gasteiger partial charge in [-0.25, -0.2) is 0 Å². The molecule has 0 aliphatic heterocycles. The summed E-state index contributed by atoms with van der Waals surface area (Å²) in [6.45, 7) is 29.9. The van der Waals surface area contributed by atoms with Crippen LogP contribution >= 0.6 is 0 Å². The minimum absolute atomic E-state index is 0.00236. The largest absolute Gasteiger partial charge is 0.413 e. The molecule has 0 aromatic carbocycles. The summed E-state index contributed by atoms with van der Waals surface area (Å²) < 4.78 is 14.3. The summed E-state index contributed by atoms with van der Waals surface area (Å²) in [5.41, 5.74) is -0.762. The highest BCUT2D eigenvalue weighted by Crippen LogP contribution is 2.61. The summed E-state index contributed by atoms with van der Waals surface area (Å²) in [5, 5.41) is 12.1. The van der Waals surface area contributed by atoms with Gasteiger partial charge in [-0.1, -0.05) is 98.5 Å². The molecule has 0 bridgehead atoms. The van der Waals surface area contributed by atoms with E-state index in [1.807, 2.05) is 6.08 Å². The third kappa shape index (κ3) is 7.04. The van der Waals surface area contributed by atoms with Crippen LogP contribution in [0, 0.1) is 41.4 Å². The molecule has 40 heavy (non-hydrogen) atoms. The predicted molar refractivity (Wildman–Crippen MR) is 176 cm³/mol. The van der Waals surface area contributed by atoms with Gasteiger partial charge in [0.15, 0.2) is 16.6 Å². The maximum absolute atomic E-state index is 11.8. The molecule has 3 nitrogen and oxygen atoms in total. The third-order valence-electron chi connectivity index (χ3n) is 11.8. The second-order valence-corrected chi connectivity index (χ2v) is 26.0. The van der Waals surface area contributed by atoms with E-state index in [1.165, 1.54) is 32.1 Å². The molecular formula is C35H64O3Si2. The molecule has 3 fully saturated rings. The van der Waals surface area contributed by atoms with Crippen molar-refractivity contribution in [2.75, 3.05) is 0 Å². The molecule has 5 heteroatoms. The molecule has 3 aliphatic rings. The number of fused-ring (bicyclic) bond motifs is 1. The van der Waals surface area contributed by atoms with Crippen LogP contribution in [-0.2, 0) is 8.85 Å². The average molecular weight is 589 g/mol. The van der Waals surface area contributed by atoms with Crippen LogP contribution in [0.4, 0.5) is 0 Å². The number of hydrogen-bond donors (Lipinski definition) is 1. The van der Waals surface area contributed by atoms with E-state index < -0.39 is 22.2 Å². The van der Waals surface area contributed by atoms with Crippen molar-refractivity contribution >= 4 is 16.6 Å². The topological polar surface area (TPSA) is 38.7 Å². The fraction of sp³-hybridized carbons (Fsp3) is 0.886. The molecule has 0 amide bonds. The number of hydrogen-bond acceptors (Lipinski definition) is 3. The van der Waals surface area contributed by atoms with Gasteiger partial charge in [0.2, 0.25) is 0 Å². The lowest BCUT2D eigenvalue weighted by atomic mass is 9.45. The van der Waals surface area contributed by atoms with Gasteiger partial charge in [0.1, 0.15) is 6.10 Å². The SMILES string of the molecule is C=CC1(O)C(CCCC)[C@H]2[C@H](C#C[C@@H](O[Si](C)(C)C(C)(C)C)C3CCCCC3)[C@@H](O[Si](C)(C)C(C)(C)C)CC[C@H]21. The Labute approximate surface area is 250 Å². The van der Waals surface area contributed by atoms with Crippen LogP contribution in [0.25, 0.3) is 0 Å². The van der Waals surface area contributed by atoms with Crippen LogP contribution in [0.3, 0.4) is 0 Å². The molecule has 3 saturated carbocycles. The second kappa shape index (κ2) is 12.7. The Balaban J connectivity index is 2.03. The van der Waals surface area contributed by atoms with Gasteiger partial charge >= 0.3 is 0 Å². The first-order valence-corrected chi connectivity index (χ1v) is 22.4. The Morgan fingerprint density at radius 2 is 1.55 bits per heavy atom. The van der Waals surface area contributed by atoms with E-state index in [-0.39, 0.29) is 40.0 Å². The van der Waals surface area contributed by atoms with Crippen molar-refractivity contribution in [3.8, 4) is 11.8 Å². The summed E-state index contributed by atoms with van der Waals surface area (Å²) in [5.74, 6) is 9.24. The van der Waals surface area contributed by atoms with Gasteiger partial charge in [-0.3, -0.25) is 0 Å².